The van der Waals surface area contributed by atoms with Gasteiger partial charge in [0.05, 0.1) is 0 Å². The first-order valence-corrected chi connectivity index (χ1v) is 9.22. The van der Waals surface area contributed by atoms with Gasteiger partial charge in [0, 0.05) is 43.8 Å². The van der Waals surface area contributed by atoms with Crippen molar-refractivity contribution in [3.05, 3.63) is 47.5 Å². The highest BCUT2D eigenvalue weighted by molar-refractivity contribution is 7.96. The predicted molar refractivity (Wildman–Crippen MR) is 106 cm³/mol. The number of amides is 1. The minimum Gasteiger partial charge on any atom is -0.382 e. The average Bonchev–Trinajstić information content (AvgIpc) is 2.61. The van der Waals surface area contributed by atoms with E-state index < -0.39 is 0 Å². The standard InChI is InChI=1S/C8H11ClN4.C8H14N2OS/c1-13(11)12-8(10)6-3-2-4-7(9)5-6;1-3-8(11)9-4-6-10(12-2)7-5-9/h2-5H,11H2,1H3,(H2,10,12);3H,1,4-7H2,2H3. The second-order valence-electron chi connectivity index (χ2n) is 5.21. The molecule has 1 aliphatic rings. The van der Waals surface area contributed by atoms with Crippen LogP contribution in [0.3, 0.4) is 0 Å². The molecule has 1 saturated heterocycles. The Hall–Kier alpha value is -1.74. The van der Waals surface area contributed by atoms with Gasteiger partial charge in [0.15, 0.2) is 5.84 Å². The molecular weight excluding hydrogens is 360 g/mol. The lowest BCUT2D eigenvalue weighted by atomic mass is 10.2. The number of carbonyl (C=O) groups excluding carboxylic acids is 1. The average molecular weight is 385 g/mol. The first-order valence-electron chi connectivity index (χ1n) is 7.66. The minimum atomic E-state index is 0.0516. The molecule has 1 aliphatic heterocycles. The molecule has 0 unspecified atom stereocenters. The maximum absolute atomic E-state index is 11.1. The molecule has 1 fully saturated rings. The molecule has 0 atom stereocenters. The van der Waals surface area contributed by atoms with Crippen molar-refractivity contribution in [3.63, 3.8) is 0 Å². The van der Waals surface area contributed by atoms with Gasteiger partial charge in [-0.1, -0.05) is 42.3 Å². The van der Waals surface area contributed by atoms with Gasteiger partial charge in [-0.15, -0.1) is 5.10 Å². The predicted octanol–water partition coefficient (Wildman–Crippen LogP) is 1.36. The Kier molecular flexibility index (Phi) is 9.36. The van der Waals surface area contributed by atoms with Gasteiger partial charge < -0.3 is 10.6 Å². The van der Waals surface area contributed by atoms with Crippen LogP contribution in [0.5, 0.6) is 0 Å². The van der Waals surface area contributed by atoms with E-state index in [9.17, 15) is 4.79 Å². The topological polar surface area (TPSA) is 91.2 Å². The number of rotatable bonds is 4. The molecule has 0 aliphatic carbocycles. The number of benzene rings is 1. The van der Waals surface area contributed by atoms with E-state index in [0.29, 0.717) is 10.9 Å². The van der Waals surface area contributed by atoms with Gasteiger partial charge in [0.1, 0.15) is 0 Å². The Bertz CT molecular complexity index is 602. The lowest BCUT2D eigenvalue weighted by molar-refractivity contribution is -0.127. The molecule has 2 rings (SSSR count). The Labute approximate surface area is 158 Å². The Morgan fingerprint density at radius 3 is 2.52 bits per heavy atom. The molecule has 0 aromatic heterocycles. The molecule has 4 N–H and O–H groups in total. The lowest BCUT2D eigenvalue weighted by Gasteiger charge is -2.32. The number of nitrogens with zero attached hydrogens (tertiary/aromatic N) is 4. The molecule has 25 heavy (non-hydrogen) atoms. The molecule has 1 aromatic rings. The van der Waals surface area contributed by atoms with Gasteiger partial charge in [-0.05, 0) is 24.5 Å². The Morgan fingerprint density at radius 1 is 1.40 bits per heavy atom. The van der Waals surface area contributed by atoms with Crippen LogP contribution in [0.2, 0.25) is 5.02 Å². The number of halogens is 1. The largest absolute Gasteiger partial charge is 0.382 e. The van der Waals surface area contributed by atoms with E-state index in [1.165, 1.54) is 6.08 Å². The fourth-order valence-corrected chi connectivity index (χ4v) is 2.81. The van der Waals surface area contributed by atoms with Crippen LogP contribution < -0.4 is 11.6 Å². The summed E-state index contributed by atoms with van der Waals surface area (Å²) >= 11 is 7.51. The van der Waals surface area contributed by atoms with E-state index >= 15 is 0 Å². The van der Waals surface area contributed by atoms with Gasteiger partial charge in [0.25, 0.3) is 0 Å². The van der Waals surface area contributed by atoms with Crippen molar-refractivity contribution in [3.8, 4) is 0 Å². The van der Waals surface area contributed by atoms with Gasteiger partial charge >= 0.3 is 0 Å². The Balaban J connectivity index is 0.000000251. The summed E-state index contributed by atoms with van der Waals surface area (Å²) < 4.78 is 2.26. The summed E-state index contributed by atoms with van der Waals surface area (Å²) in [5, 5.41) is 5.61. The van der Waals surface area contributed by atoms with Crippen LogP contribution in [-0.4, -0.2) is 65.5 Å². The van der Waals surface area contributed by atoms with E-state index in [1.807, 2.05) is 11.0 Å². The second kappa shape index (κ2) is 11.0. The molecular formula is C16H25ClN6OS. The second-order valence-corrected chi connectivity index (χ2v) is 6.53. The number of amidine groups is 1. The van der Waals surface area contributed by atoms with E-state index in [2.05, 4.69) is 22.2 Å². The third kappa shape index (κ3) is 7.78. The summed E-state index contributed by atoms with van der Waals surface area (Å²) in [4.78, 5) is 13.0. The van der Waals surface area contributed by atoms with E-state index in [4.69, 9.17) is 23.2 Å². The van der Waals surface area contributed by atoms with E-state index in [-0.39, 0.29) is 5.91 Å². The van der Waals surface area contributed by atoms with Gasteiger partial charge in [-0.3, -0.25) is 4.79 Å². The first-order chi connectivity index (χ1) is 11.9. The molecule has 0 bridgehead atoms. The van der Waals surface area contributed by atoms with Crippen LogP contribution in [0.4, 0.5) is 0 Å². The number of hydrogen-bond acceptors (Lipinski definition) is 6. The molecule has 138 valence electrons. The molecule has 0 radical (unpaired) electrons. The number of hydrazine groups is 1. The third-order valence-corrected chi connectivity index (χ3v) is 4.49. The number of hydrazone groups is 1. The van der Waals surface area contributed by atoms with Gasteiger partial charge in [-0.2, -0.15) is 0 Å². The zero-order valence-corrected chi connectivity index (χ0v) is 16.1. The zero-order valence-electron chi connectivity index (χ0n) is 14.6. The quantitative estimate of drug-likeness (QED) is 0.203. The van der Waals surface area contributed by atoms with Crippen molar-refractivity contribution >= 4 is 35.3 Å². The summed E-state index contributed by atoms with van der Waals surface area (Å²) in [6.45, 7) is 7.03. The number of nitrogens with two attached hydrogens (primary N) is 2. The van der Waals surface area contributed by atoms with Crippen LogP contribution >= 0.6 is 23.5 Å². The van der Waals surface area contributed by atoms with E-state index in [0.717, 1.165) is 36.9 Å². The SMILES string of the molecule is C=CC(=O)N1CCN(SC)CC1.CN(N)/N=C(\N)c1cccc(Cl)c1. The number of piperazine rings is 1. The third-order valence-electron chi connectivity index (χ3n) is 3.37. The molecule has 0 saturated carbocycles. The van der Waals surface area contributed by atoms with Crippen molar-refractivity contribution in [1.82, 2.24) is 14.3 Å². The molecule has 7 nitrogen and oxygen atoms in total. The monoisotopic (exact) mass is 384 g/mol. The molecule has 1 amide bonds. The highest BCUT2D eigenvalue weighted by Crippen LogP contribution is 2.10. The Morgan fingerprint density at radius 2 is 2.04 bits per heavy atom. The highest BCUT2D eigenvalue weighted by atomic mass is 35.5. The van der Waals surface area contributed by atoms with Crippen LogP contribution in [0.1, 0.15) is 5.56 Å². The van der Waals surface area contributed by atoms with Crippen LogP contribution in [0.25, 0.3) is 0 Å². The normalized spacial score (nSPS) is 15.2. The van der Waals surface area contributed by atoms with Crippen LogP contribution in [0, 0.1) is 0 Å². The van der Waals surface area contributed by atoms with Crippen molar-refractivity contribution in [2.75, 3.05) is 39.5 Å². The van der Waals surface area contributed by atoms with Crippen LogP contribution in [0.15, 0.2) is 42.0 Å². The number of hydrogen-bond donors (Lipinski definition) is 2. The summed E-state index contributed by atoms with van der Waals surface area (Å²) in [6.07, 6.45) is 3.44. The summed E-state index contributed by atoms with van der Waals surface area (Å²) in [5.41, 5.74) is 6.39. The molecule has 0 spiro atoms. The zero-order chi connectivity index (χ0) is 18.8. The van der Waals surface area contributed by atoms with Gasteiger partial charge in [0.2, 0.25) is 5.91 Å². The van der Waals surface area contributed by atoms with Crippen molar-refractivity contribution < 1.29 is 4.79 Å². The minimum absolute atomic E-state index is 0.0516. The summed E-state index contributed by atoms with van der Waals surface area (Å²) in [6, 6.07) is 7.11. The molecule has 1 heterocycles. The fourth-order valence-electron chi connectivity index (χ4n) is 2.10. The highest BCUT2D eigenvalue weighted by Gasteiger charge is 2.18. The summed E-state index contributed by atoms with van der Waals surface area (Å²) in [5.74, 6) is 5.69. The van der Waals surface area contributed by atoms with Gasteiger partial charge in [-0.25, -0.2) is 15.3 Å². The van der Waals surface area contributed by atoms with Crippen molar-refractivity contribution in [2.24, 2.45) is 16.7 Å². The molecule has 9 heteroatoms. The number of carbonyl (C=O) groups is 1. The van der Waals surface area contributed by atoms with E-state index in [1.54, 1.807) is 37.2 Å². The summed E-state index contributed by atoms with van der Waals surface area (Å²) in [7, 11) is 1.59. The van der Waals surface area contributed by atoms with Crippen molar-refractivity contribution in [2.45, 2.75) is 0 Å². The first kappa shape index (κ1) is 21.3. The van der Waals surface area contributed by atoms with Crippen LogP contribution in [-0.2, 0) is 4.79 Å². The van der Waals surface area contributed by atoms with Crippen molar-refractivity contribution in [1.29, 1.82) is 0 Å². The smallest absolute Gasteiger partial charge is 0.246 e. The maximum Gasteiger partial charge on any atom is 0.246 e. The fraction of sp³-hybridized carbons (Fsp3) is 0.375. The lowest BCUT2D eigenvalue weighted by Crippen LogP contribution is -2.45. The molecule has 1 aromatic carbocycles. The maximum atomic E-state index is 11.1.